The van der Waals surface area contributed by atoms with E-state index in [1.165, 1.54) is 0 Å². The van der Waals surface area contributed by atoms with E-state index >= 15 is 0 Å². The van der Waals surface area contributed by atoms with Crippen molar-refractivity contribution in [1.29, 1.82) is 0 Å². The van der Waals surface area contributed by atoms with Gasteiger partial charge in [0, 0.05) is 13.1 Å². The number of hydrogen-bond donors (Lipinski definition) is 1. The summed E-state index contributed by atoms with van der Waals surface area (Å²) in [6.07, 6.45) is 1.82. The van der Waals surface area contributed by atoms with Gasteiger partial charge in [-0.15, -0.1) is 0 Å². The summed E-state index contributed by atoms with van der Waals surface area (Å²) in [7, 11) is 1.73. The van der Waals surface area contributed by atoms with Crippen molar-refractivity contribution >= 4 is 12.3 Å². The Morgan fingerprint density at radius 3 is 2.67 bits per heavy atom. The first kappa shape index (κ1) is 11.9. The fraction of sp³-hybridized carbons (Fsp3) is 0.714. The molecule has 0 aromatic heterocycles. The molecule has 0 saturated heterocycles. The average molecular weight is 177 g/mol. The predicted molar refractivity (Wildman–Crippen MR) is 46.8 cm³/mol. The molecule has 0 fully saturated rings. The summed E-state index contributed by atoms with van der Waals surface area (Å²) in [5.41, 5.74) is 0. The third-order valence-electron chi connectivity index (χ3n) is 1.62. The summed E-state index contributed by atoms with van der Waals surface area (Å²) in [6, 6.07) is 0.490. The zero-order chi connectivity index (χ0) is 8.27. The van der Waals surface area contributed by atoms with E-state index in [2.05, 4.69) is 34.0 Å². The molecule has 0 atom stereocenters. The van der Waals surface area contributed by atoms with Crippen LogP contribution in [0.4, 0.5) is 0 Å². The molecule has 0 unspecified atom stereocenters. The topological polar surface area (TPSA) is 40.0 Å². The van der Waals surface area contributed by atoms with Crippen LogP contribution in [-0.2, 0) is 0 Å². The third kappa shape index (κ3) is 3.13. The van der Waals surface area contributed by atoms with Crippen LogP contribution in [0.15, 0.2) is 9.98 Å². The zero-order valence-corrected chi connectivity index (χ0v) is 10.2. The predicted octanol–water partition coefficient (Wildman–Crippen LogP) is -2.72. The molecule has 1 heterocycles. The number of nitrogens with one attached hydrogen (secondary N) is 1. The second-order valence-corrected chi connectivity index (χ2v) is 2.73. The Morgan fingerprint density at radius 1 is 1.67 bits per heavy atom. The minimum absolute atomic E-state index is 0. The van der Waals surface area contributed by atoms with Gasteiger partial charge in [-0.2, -0.15) is 0 Å². The number of hydrogen-bond acceptors (Lipinski definition) is 2. The molecule has 0 spiro atoms. The number of rotatable bonds is 1. The van der Waals surface area contributed by atoms with E-state index < -0.39 is 0 Å². The van der Waals surface area contributed by atoms with Crippen LogP contribution in [0.5, 0.6) is 0 Å². The van der Waals surface area contributed by atoms with Crippen molar-refractivity contribution in [3.05, 3.63) is 0 Å². The Bertz CT molecular complexity index is 188. The third-order valence-corrected chi connectivity index (χ3v) is 1.62. The van der Waals surface area contributed by atoms with E-state index in [1.807, 2.05) is 6.34 Å². The Hall–Kier alpha value is -0.0600. The van der Waals surface area contributed by atoms with Gasteiger partial charge >= 0.3 is 29.6 Å². The van der Waals surface area contributed by atoms with Gasteiger partial charge in [-0.1, -0.05) is 0 Å². The summed E-state index contributed by atoms with van der Waals surface area (Å²) in [5, 5.41) is 3.08. The van der Waals surface area contributed by atoms with Crippen LogP contribution in [0.2, 0.25) is 0 Å². The number of guanidine groups is 1. The van der Waals surface area contributed by atoms with Gasteiger partial charge in [-0.25, -0.2) is 4.99 Å². The first-order chi connectivity index (χ1) is 5.24. The summed E-state index contributed by atoms with van der Waals surface area (Å²) in [4.78, 5) is 10.1. The van der Waals surface area contributed by atoms with Crippen LogP contribution < -0.4 is 34.9 Å². The van der Waals surface area contributed by atoms with Gasteiger partial charge in [0.25, 0.3) is 0 Å². The van der Waals surface area contributed by atoms with Crippen molar-refractivity contribution in [2.75, 3.05) is 13.7 Å². The van der Waals surface area contributed by atoms with E-state index in [1.54, 1.807) is 7.05 Å². The molecule has 1 aliphatic rings. The zero-order valence-electron chi connectivity index (χ0n) is 8.20. The molecule has 5 heteroatoms. The van der Waals surface area contributed by atoms with Crippen molar-refractivity contribution in [1.82, 2.24) is 10.2 Å². The molecule has 0 aliphatic carbocycles. The van der Waals surface area contributed by atoms with Gasteiger partial charge in [0.1, 0.15) is 0 Å². The molecule has 1 aliphatic heterocycles. The standard InChI is InChI=1S/C7H14N4.Na/c1-6(2)11-4-9-7(8-3)10-5-11;/h4,6H,5H2,1-3H3,(H,8,10);/q;+1. The quantitative estimate of drug-likeness (QED) is 0.442. The van der Waals surface area contributed by atoms with Crippen LogP contribution in [0, 0.1) is 0 Å². The van der Waals surface area contributed by atoms with E-state index in [9.17, 15) is 0 Å². The summed E-state index contributed by atoms with van der Waals surface area (Å²) in [6.45, 7) is 5.05. The minimum Gasteiger partial charge on any atom is -0.342 e. The molecule has 0 aromatic rings. The maximum atomic E-state index is 4.09. The Kier molecular flexibility index (Phi) is 5.53. The average Bonchev–Trinajstić information content (AvgIpc) is 2.05. The Labute approximate surface area is 95.4 Å². The molecule has 0 amide bonds. The molecule has 1 rings (SSSR count). The number of nitrogens with zero attached hydrogens (tertiary/aromatic N) is 3. The number of aliphatic imine (C=N–C) groups is 2. The SMILES string of the molecule is CN=C1N=CN(C(C)C)CN1.[Na+]. The minimum atomic E-state index is 0. The molecular formula is C7H14N4Na+. The van der Waals surface area contributed by atoms with Crippen molar-refractivity contribution in [2.24, 2.45) is 9.98 Å². The van der Waals surface area contributed by atoms with Gasteiger partial charge in [0.05, 0.1) is 13.0 Å². The van der Waals surface area contributed by atoms with Gasteiger partial charge in [-0.05, 0) is 13.8 Å². The molecule has 0 bridgehead atoms. The molecule has 0 aromatic carbocycles. The van der Waals surface area contributed by atoms with Crippen LogP contribution in [-0.4, -0.2) is 37.0 Å². The van der Waals surface area contributed by atoms with Gasteiger partial charge in [0.15, 0.2) is 0 Å². The normalized spacial score (nSPS) is 19.3. The monoisotopic (exact) mass is 177 g/mol. The van der Waals surface area contributed by atoms with Gasteiger partial charge in [0.2, 0.25) is 5.96 Å². The largest absolute Gasteiger partial charge is 1.00 e. The maximum absolute atomic E-state index is 4.09. The smallest absolute Gasteiger partial charge is 0.342 e. The molecule has 12 heavy (non-hydrogen) atoms. The molecule has 0 saturated carbocycles. The second-order valence-electron chi connectivity index (χ2n) is 2.73. The fourth-order valence-corrected chi connectivity index (χ4v) is 0.830. The van der Waals surface area contributed by atoms with E-state index in [-0.39, 0.29) is 29.6 Å². The first-order valence-corrected chi connectivity index (χ1v) is 3.74. The molecule has 62 valence electrons. The van der Waals surface area contributed by atoms with Crippen molar-refractivity contribution < 1.29 is 29.6 Å². The molecule has 0 radical (unpaired) electrons. The summed E-state index contributed by atoms with van der Waals surface area (Å²) >= 11 is 0. The van der Waals surface area contributed by atoms with Crippen LogP contribution >= 0.6 is 0 Å². The van der Waals surface area contributed by atoms with Crippen LogP contribution in [0.3, 0.4) is 0 Å². The van der Waals surface area contributed by atoms with Crippen molar-refractivity contribution in [3.63, 3.8) is 0 Å². The summed E-state index contributed by atoms with van der Waals surface area (Å²) in [5.74, 6) is 0.710. The summed E-state index contributed by atoms with van der Waals surface area (Å²) < 4.78 is 0. The van der Waals surface area contributed by atoms with Crippen molar-refractivity contribution in [3.8, 4) is 0 Å². The molecular weight excluding hydrogens is 163 g/mol. The van der Waals surface area contributed by atoms with Gasteiger partial charge in [-0.3, -0.25) is 4.99 Å². The van der Waals surface area contributed by atoms with Gasteiger partial charge < -0.3 is 10.2 Å². The van der Waals surface area contributed by atoms with E-state index in [4.69, 9.17) is 0 Å². The van der Waals surface area contributed by atoms with Crippen LogP contribution in [0.25, 0.3) is 0 Å². The van der Waals surface area contributed by atoms with E-state index in [0.717, 1.165) is 6.67 Å². The fourth-order valence-electron chi connectivity index (χ4n) is 0.830. The maximum Gasteiger partial charge on any atom is 1.00 e. The van der Waals surface area contributed by atoms with Crippen molar-refractivity contribution in [2.45, 2.75) is 19.9 Å². The van der Waals surface area contributed by atoms with E-state index in [0.29, 0.717) is 12.0 Å². The second kappa shape index (κ2) is 5.56. The Morgan fingerprint density at radius 2 is 2.33 bits per heavy atom. The molecule has 1 N–H and O–H groups in total. The molecule has 4 nitrogen and oxygen atoms in total. The first-order valence-electron chi connectivity index (χ1n) is 3.74. The van der Waals surface area contributed by atoms with Crippen LogP contribution in [0.1, 0.15) is 13.8 Å². The Balaban J connectivity index is 0.00000121.